The number of hydrogen-bond donors (Lipinski definition) is 2. The van der Waals surface area contributed by atoms with Crippen molar-refractivity contribution in [1.82, 2.24) is 5.32 Å². The van der Waals surface area contributed by atoms with E-state index in [9.17, 15) is 9.59 Å². The molecule has 1 unspecified atom stereocenters. The van der Waals surface area contributed by atoms with Gasteiger partial charge in [-0.25, -0.2) is 0 Å². The number of anilines is 1. The molecule has 0 aromatic heterocycles. The number of imide groups is 1. The van der Waals surface area contributed by atoms with Crippen molar-refractivity contribution in [3.05, 3.63) is 60.2 Å². The van der Waals surface area contributed by atoms with E-state index in [0.717, 1.165) is 11.4 Å². The predicted octanol–water partition coefficient (Wildman–Crippen LogP) is 3.44. The maximum Gasteiger partial charge on any atom is 0.231 e. The van der Waals surface area contributed by atoms with Crippen LogP contribution >= 0.6 is 11.8 Å². The molecule has 0 bridgehead atoms. The van der Waals surface area contributed by atoms with Gasteiger partial charge in [-0.2, -0.15) is 0 Å². The Hall–Kier alpha value is -2.27. The van der Waals surface area contributed by atoms with Crippen molar-refractivity contribution < 1.29 is 9.59 Å². The lowest BCUT2D eigenvalue weighted by Crippen LogP contribution is -2.43. The van der Waals surface area contributed by atoms with Crippen LogP contribution in [0.5, 0.6) is 0 Å². The third-order valence-corrected chi connectivity index (χ3v) is 5.05. The second-order valence-corrected chi connectivity index (χ2v) is 6.88. The van der Waals surface area contributed by atoms with E-state index in [-0.39, 0.29) is 17.7 Å². The zero-order chi connectivity index (χ0) is 16.8. The van der Waals surface area contributed by atoms with Gasteiger partial charge in [0.15, 0.2) is 0 Å². The summed E-state index contributed by atoms with van der Waals surface area (Å²) in [7, 11) is 0. The molecule has 1 aliphatic rings. The molecule has 2 N–H and O–H groups in total. The summed E-state index contributed by atoms with van der Waals surface area (Å²) in [6, 6.07) is 18.6. The smallest absolute Gasteiger partial charge is 0.231 e. The first-order chi connectivity index (χ1) is 11.7. The van der Waals surface area contributed by atoms with Crippen LogP contribution in [0.15, 0.2) is 59.5 Å². The minimum Gasteiger partial charge on any atom is -0.384 e. The van der Waals surface area contributed by atoms with E-state index in [0.29, 0.717) is 19.4 Å². The summed E-state index contributed by atoms with van der Waals surface area (Å²) < 4.78 is 0. The maximum absolute atomic E-state index is 11.8. The van der Waals surface area contributed by atoms with Gasteiger partial charge in [-0.3, -0.25) is 14.9 Å². The van der Waals surface area contributed by atoms with Gasteiger partial charge in [-0.1, -0.05) is 36.4 Å². The van der Waals surface area contributed by atoms with Crippen LogP contribution in [0.1, 0.15) is 18.4 Å². The lowest BCUT2D eigenvalue weighted by molar-refractivity contribution is -0.135. The number of benzene rings is 2. The third-order valence-electron chi connectivity index (χ3n) is 3.99. The van der Waals surface area contributed by atoms with Crippen molar-refractivity contribution in [3.63, 3.8) is 0 Å². The van der Waals surface area contributed by atoms with Crippen molar-refractivity contribution in [2.45, 2.75) is 23.5 Å². The van der Waals surface area contributed by atoms with Gasteiger partial charge in [-0.05, 0) is 30.2 Å². The fourth-order valence-corrected chi connectivity index (χ4v) is 3.52. The molecule has 1 atom stereocenters. The molecule has 5 heteroatoms. The summed E-state index contributed by atoms with van der Waals surface area (Å²) in [5, 5.41) is 5.71. The molecule has 2 amide bonds. The zero-order valence-corrected chi connectivity index (χ0v) is 14.1. The van der Waals surface area contributed by atoms with Crippen molar-refractivity contribution in [3.8, 4) is 0 Å². The van der Waals surface area contributed by atoms with E-state index < -0.39 is 0 Å². The molecule has 1 saturated heterocycles. The molecule has 3 rings (SSSR count). The highest BCUT2D eigenvalue weighted by Gasteiger charge is 2.26. The molecule has 0 spiro atoms. The van der Waals surface area contributed by atoms with Crippen molar-refractivity contribution in [1.29, 1.82) is 0 Å². The molecule has 2 aromatic carbocycles. The van der Waals surface area contributed by atoms with Crippen LogP contribution in [0.25, 0.3) is 0 Å². The number of hydrogen-bond acceptors (Lipinski definition) is 4. The fourth-order valence-electron chi connectivity index (χ4n) is 2.61. The number of piperidine rings is 1. The van der Waals surface area contributed by atoms with Gasteiger partial charge in [0.05, 0.1) is 5.92 Å². The Labute approximate surface area is 146 Å². The Balaban J connectivity index is 1.53. The number of amides is 2. The summed E-state index contributed by atoms with van der Waals surface area (Å²) in [6.45, 7) is 0.548. The molecule has 1 fully saturated rings. The van der Waals surface area contributed by atoms with Crippen LogP contribution in [-0.2, 0) is 15.3 Å². The van der Waals surface area contributed by atoms with Crippen molar-refractivity contribution in [2.24, 2.45) is 5.92 Å². The van der Waals surface area contributed by atoms with Gasteiger partial charge in [0.25, 0.3) is 0 Å². The maximum atomic E-state index is 11.8. The molecular formula is C19H20N2O2S. The van der Waals surface area contributed by atoms with E-state index >= 15 is 0 Å². The zero-order valence-electron chi connectivity index (χ0n) is 13.3. The highest BCUT2D eigenvalue weighted by molar-refractivity contribution is 7.98. The van der Waals surface area contributed by atoms with Gasteiger partial charge >= 0.3 is 0 Å². The Morgan fingerprint density at radius 3 is 2.71 bits per heavy atom. The van der Waals surface area contributed by atoms with E-state index in [1.54, 1.807) is 11.8 Å². The van der Waals surface area contributed by atoms with Gasteiger partial charge in [0.2, 0.25) is 11.8 Å². The Morgan fingerprint density at radius 2 is 1.92 bits per heavy atom. The van der Waals surface area contributed by atoms with Gasteiger partial charge < -0.3 is 5.32 Å². The average Bonchev–Trinajstić information content (AvgIpc) is 2.60. The molecule has 0 aliphatic carbocycles. The van der Waals surface area contributed by atoms with Crippen LogP contribution < -0.4 is 10.6 Å². The standard InChI is InChI=1S/C19H20N2O2S/c22-18-10-9-15(19(23)21-18)12-20-16-7-4-8-17(11-16)24-13-14-5-2-1-3-6-14/h1-8,11,15,20H,9-10,12-13H2,(H,21,22,23). The summed E-state index contributed by atoms with van der Waals surface area (Å²) in [5.74, 6) is 0.435. The first-order valence-corrected chi connectivity index (χ1v) is 9.03. The van der Waals surface area contributed by atoms with Gasteiger partial charge in [0.1, 0.15) is 0 Å². The van der Waals surface area contributed by atoms with E-state index in [4.69, 9.17) is 0 Å². The van der Waals surface area contributed by atoms with Crippen molar-refractivity contribution in [2.75, 3.05) is 11.9 Å². The summed E-state index contributed by atoms with van der Waals surface area (Å²) in [4.78, 5) is 24.1. The number of carbonyl (C=O) groups is 2. The molecule has 4 nitrogen and oxygen atoms in total. The Bertz CT molecular complexity index is 718. The first-order valence-electron chi connectivity index (χ1n) is 8.05. The monoisotopic (exact) mass is 340 g/mol. The minimum atomic E-state index is -0.173. The molecule has 2 aromatic rings. The number of carbonyl (C=O) groups excluding carboxylic acids is 2. The minimum absolute atomic E-state index is 0.150. The second-order valence-electron chi connectivity index (χ2n) is 5.83. The van der Waals surface area contributed by atoms with E-state index in [1.807, 2.05) is 30.3 Å². The largest absolute Gasteiger partial charge is 0.384 e. The molecule has 1 aliphatic heterocycles. The van der Waals surface area contributed by atoms with Crippen LogP contribution in [0, 0.1) is 5.92 Å². The molecule has 0 radical (unpaired) electrons. The fraction of sp³-hybridized carbons (Fsp3) is 0.263. The Morgan fingerprint density at radius 1 is 1.08 bits per heavy atom. The highest BCUT2D eigenvalue weighted by atomic mass is 32.2. The molecule has 0 saturated carbocycles. The highest BCUT2D eigenvalue weighted by Crippen LogP contribution is 2.25. The third kappa shape index (κ3) is 4.61. The van der Waals surface area contributed by atoms with Gasteiger partial charge in [0, 0.05) is 29.3 Å². The van der Waals surface area contributed by atoms with Crippen LogP contribution in [0.4, 0.5) is 5.69 Å². The predicted molar refractivity (Wildman–Crippen MR) is 96.8 cm³/mol. The number of thioether (sulfide) groups is 1. The van der Waals surface area contributed by atoms with Crippen molar-refractivity contribution >= 4 is 29.3 Å². The number of rotatable bonds is 6. The topological polar surface area (TPSA) is 58.2 Å². The summed E-state index contributed by atoms with van der Waals surface area (Å²) in [5.41, 5.74) is 2.29. The summed E-state index contributed by atoms with van der Waals surface area (Å²) in [6.07, 6.45) is 1.03. The second kappa shape index (κ2) is 8.02. The van der Waals surface area contributed by atoms with Crippen LogP contribution in [0.3, 0.4) is 0 Å². The van der Waals surface area contributed by atoms with E-state index in [1.165, 1.54) is 10.5 Å². The van der Waals surface area contributed by atoms with Gasteiger partial charge in [-0.15, -0.1) is 11.8 Å². The van der Waals surface area contributed by atoms with Crippen LogP contribution in [0.2, 0.25) is 0 Å². The van der Waals surface area contributed by atoms with Crippen LogP contribution in [-0.4, -0.2) is 18.4 Å². The molecule has 24 heavy (non-hydrogen) atoms. The lowest BCUT2D eigenvalue weighted by Gasteiger charge is -2.21. The first kappa shape index (κ1) is 16.6. The average molecular weight is 340 g/mol. The molecular weight excluding hydrogens is 320 g/mol. The SMILES string of the molecule is O=C1CCC(CNc2cccc(SCc3ccccc3)c2)C(=O)N1. The normalized spacial score (nSPS) is 17.4. The molecule has 124 valence electrons. The van der Waals surface area contributed by atoms with E-state index in [2.05, 4.69) is 34.9 Å². The lowest BCUT2D eigenvalue weighted by atomic mass is 9.98. The summed E-state index contributed by atoms with van der Waals surface area (Å²) >= 11 is 1.79. The Kier molecular flexibility index (Phi) is 5.54. The number of nitrogens with one attached hydrogen (secondary N) is 2. The molecule has 1 heterocycles. The quantitative estimate of drug-likeness (QED) is 0.625.